The molecule has 1 aromatic rings. The number of hydrogen-bond acceptors (Lipinski definition) is 4. The van der Waals surface area contributed by atoms with Crippen LogP contribution >= 0.6 is 11.3 Å². The van der Waals surface area contributed by atoms with E-state index in [1.165, 1.54) is 9.88 Å². The standard InChI is InChI=1S/C13H24N2OS/c1-9(2)12-15-7-11(17-12)6-14-8-13(5,16)10(3)4/h7,9-10,14,16H,6,8H2,1-5H3. The van der Waals surface area contributed by atoms with E-state index in [9.17, 15) is 5.11 Å². The van der Waals surface area contributed by atoms with Crippen LogP contribution in [0.4, 0.5) is 0 Å². The third kappa shape index (κ3) is 4.37. The van der Waals surface area contributed by atoms with Gasteiger partial charge in [0.2, 0.25) is 0 Å². The molecule has 2 N–H and O–H groups in total. The topological polar surface area (TPSA) is 45.2 Å². The highest BCUT2D eigenvalue weighted by molar-refractivity contribution is 7.11. The molecule has 1 unspecified atom stereocenters. The van der Waals surface area contributed by atoms with E-state index in [0.717, 1.165) is 6.54 Å². The SMILES string of the molecule is CC(C)c1ncc(CNCC(C)(O)C(C)C)s1. The summed E-state index contributed by atoms with van der Waals surface area (Å²) in [6.45, 7) is 11.6. The minimum Gasteiger partial charge on any atom is -0.389 e. The summed E-state index contributed by atoms with van der Waals surface area (Å²) in [7, 11) is 0. The molecular weight excluding hydrogens is 232 g/mol. The predicted molar refractivity (Wildman–Crippen MR) is 73.4 cm³/mol. The van der Waals surface area contributed by atoms with Crippen LogP contribution in [-0.4, -0.2) is 22.2 Å². The molecular formula is C13H24N2OS. The maximum atomic E-state index is 10.1. The Hall–Kier alpha value is -0.450. The maximum Gasteiger partial charge on any atom is 0.0953 e. The largest absolute Gasteiger partial charge is 0.389 e. The molecule has 0 amide bonds. The Morgan fingerprint density at radius 3 is 2.53 bits per heavy atom. The van der Waals surface area contributed by atoms with Crippen LogP contribution in [0.5, 0.6) is 0 Å². The third-order valence-corrected chi connectivity index (χ3v) is 4.39. The van der Waals surface area contributed by atoms with E-state index >= 15 is 0 Å². The Labute approximate surface area is 108 Å². The van der Waals surface area contributed by atoms with E-state index in [4.69, 9.17) is 0 Å². The number of aromatic nitrogens is 1. The van der Waals surface area contributed by atoms with Gasteiger partial charge in [-0.3, -0.25) is 0 Å². The molecule has 1 rings (SSSR count). The fraction of sp³-hybridized carbons (Fsp3) is 0.769. The first-order valence-electron chi connectivity index (χ1n) is 6.20. The minimum atomic E-state index is -0.647. The molecule has 0 bridgehead atoms. The summed E-state index contributed by atoms with van der Waals surface area (Å²) in [4.78, 5) is 5.61. The average Bonchev–Trinajstić information content (AvgIpc) is 2.66. The summed E-state index contributed by atoms with van der Waals surface area (Å²) in [6, 6.07) is 0. The molecule has 1 aromatic heterocycles. The Balaban J connectivity index is 2.41. The molecule has 1 atom stereocenters. The van der Waals surface area contributed by atoms with Crippen LogP contribution in [0.2, 0.25) is 0 Å². The lowest BCUT2D eigenvalue weighted by Gasteiger charge is -2.27. The second-order valence-electron chi connectivity index (χ2n) is 5.43. The van der Waals surface area contributed by atoms with E-state index < -0.39 is 5.60 Å². The molecule has 3 nitrogen and oxygen atoms in total. The molecule has 17 heavy (non-hydrogen) atoms. The highest BCUT2D eigenvalue weighted by Crippen LogP contribution is 2.21. The summed E-state index contributed by atoms with van der Waals surface area (Å²) in [5.41, 5.74) is -0.647. The summed E-state index contributed by atoms with van der Waals surface area (Å²) < 4.78 is 0. The maximum absolute atomic E-state index is 10.1. The quantitative estimate of drug-likeness (QED) is 0.822. The molecule has 0 spiro atoms. The molecule has 0 aliphatic rings. The van der Waals surface area contributed by atoms with Crippen molar-refractivity contribution in [2.75, 3.05) is 6.54 Å². The smallest absolute Gasteiger partial charge is 0.0953 e. The number of rotatable bonds is 6. The van der Waals surface area contributed by atoms with Gasteiger partial charge in [0.1, 0.15) is 0 Å². The zero-order valence-electron chi connectivity index (χ0n) is 11.4. The molecule has 0 fully saturated rings. The van der Waals surface area contributed by atoms with Crippen molar-refractivity contribution in [3.05, 3.63) is 16.1 Å². The average molecular weight is 256 g/mol. The molecule has 1 heterocycles. The highest BCUT2D eigenvalue weighted by atomic mass is 32.1. The second kappa shape index (κ2) is 5.94. The molecule has 0 aliphatic heterocycles. The Kier molecular flexibility index (Phi) is 5.10. The van der Waals surface area contributed by atoms with Crippen molar-refractivity contribution in [1.29, 1.82) is 0 Å². The molecule has 0 saturated heterocycles. The van der Waals surface area contributed by atoms with Gasteiger partial charge in [0.25, 0.3) is 0 Å². The van der Waals surface area contributed by atoms with Gasteiger partial charge in [-0.15, -0.1) is 11.3 Å². The lowest BCUT2D eigenvalue weighted by atomic mass is 9.93. The minimum absolute atomic E-state index is 0.252. The summed E-state index contributed by atoms with van der Waals surface area (Å²) in [6.07, 6.45) is 1.93. The van der Waals surface area contributed by atoms with Crippen LogP contribution in [0, 0.1) is 5.92 Å². The van der Waals surface area contributed by atoms with Gasteiger partial charge >= 0.3 is 0 Å². The van der Waals surface area contributed by atoms with E-state index in [2.05, 4.69) is 24.1 Å². The highest BCUT2D eigenvalue weighted by Gasteiger charge is 2.24. The van der Waals surface area contributed by atoms with Gasteiger partial charge < -0.3 is 10.4 Å². The van der Waals surface area contributed by atoms with Crippen LogP contribution in [0.15, 0.2) is 6.20 Å². The van der Waals surface area contributed by atoms with Crippen LogP contribution in [-0.2, 0) is 6.54 Å². The van der Waals surface area contributed by atoms with Gasteiger partial charge in [0.15, 0.2) is 0 Å². The molecule has 0 radical (unpaired) electrons. The van der Waals surface area contributed by atoms with Gasteiger partial charge in [0, 0.05) is 30.1 Å². The van der Waals surface area contributed by atoms with Crippen molar-refractivity contribution in [1.82, 2.24) is 10.3 Å². The summed E-state index contributed by atoms with van der Waals surface area (Å²) in [5, 5.41) is 14.6. The molecule has 4 heteroatoms. The Bertz CT molecular complexity index is 345. The zero-order valence-corrected chi connectivity index (χ0v) is 12.3. The van der Waals surface area contributed by atoms with E-state index in [1.807, 2.05) is 27.0 Å². The third-order valence-electron chi connectivity index (χ3n) is 3.09. The summed E-state index contributed by atoms with van der Waals surface area (Å²) >= 11 is 1.74. The van der Waals surface area contributed by atoms with Crippen LogP contribution in [0.1, 0.15) is 50.4 Å². The van der Waals surface area contributed by atoms with Gasteiger partial charge in [-0.2, -0.15) is 0 Å². The fourth-order valence-corrected chi connectivity index (χ4v) is 2.20. The van der Waals surface area contributed by atoms with Crippen molar-refractivity contribution >= 4 is 11.3 Å². The first kappa shape index (κ1) is 14.6. The Morgan fingerprint density at radius 1 is 1.41 bits per heavy atom. The van der Waals surface area contributed by atoms with Crippen molar-refractivity contribution in [3.8, 4) is 0 Å². The number of thiazole rings is 1. The fourth-order valence-electron chi connectivity index (χ4n) is 1.31. The van der Waals surface area contributed by atoms with Gasteiger partial charge in [-0.1, -0.05) is 27.7 Å². The van der Waals surface area contributed by atoms with Crippen molar-refractivity contribution in [2.45, 2.75) is 52.7 Å². The van der Waals surface area contributed by atoms with Gasteiger partial charge in [0.05, 0.1) is 10.6 Å². The van der Waals surface area contributed by atoms with Crippen molar-refractivity contribution in [2.24, 2.45) is 5.92 Å². The van der Waals surface area contributed by atoms with E-state index in [1.54, 1.807) is 11.3 Å². The summed E-state index contributed by atoms with van der Waals surface area (Å²) in [5.74, 6) is 0.746. The van der Waals surface area contributed by atoms with Crippen LogP contribution in [0.25, 0.3) is 0 Å². The second-order valence-corrected chi connectivity index (χ2v) is 6.58. The van der Waals surface area contributed by atoms with Crippen LogP contribution in [0.3, 0.4) is 0 Å². The predicted octanol–water partition coefficient (Wildman–Crippen LogP) is 2.76. The molecule has 0 saturated carbocycles. The molecule has 0 aromatic carbocycles. The van der Waals surface area contributed by atoms with E-state index in [0.29, 0.717) is 12.5 Å². The number of nitrogens with one attached hydrogen (secondary N) is 1. The lowest BCUT2D eigenvalue weighted by Crippen LogP contribution is -2.41. The van der Waals surface area contributed by atoms with Crippen LogP contribution < -0.4 is 5.32 Å². The van der Waals surface area contributed by atoms with Crippen molar-refractivity contribution in [3.63, 3.8) is 0 Å². The first-order valence-corrected chi connectivity index (χ1v) is 7.02. The zero-order chi connectivity index (χ0) is 13.1. The van der Waals surface area contributed by atoms with Crippen molar-refractivity contribution < 1.29 is 5.11 Å². The number of hydrogen-bond donors (Lipinski definition) is 2. The van der Waals surface area contributed by atoms with E-state index in [-0.39, 0.29) is 5.92 Å². The lowest BCUT2D eigenvalue weighted by molar-refractivity contribution is 0.0140. The monoisotopic (exact) mass is 256 g/mol. The number of aliphatic hydroxyl groups is 1. The first-order chi connectivity index (χ1) is 7.83. The molecule has 0 aliphatic carbocycles. The molecule has 98 valence electrons. The van der Waals surface area contributed by atoms with Gasteiger partial charge in [-0.25, -0.2) is 4.98 Å². The normalized spacial score (nSPS) is 15.5. The van der Waals surface area contributed by atoms with Gasteiger partial charge in [-0.05, 0) is 12.8 Å². The Morgan fingerprint density at radius 2 is 2.06 bits per heavy atom. The number of nitrogens with zero attached hydrogens (tertiary/aromatic N) is 1.